The van der Waals surface area contributed by atoms with E-state index in [9.17, 15) is 9.59 Å². The second kappa shape index (κ2) is 5.69. The molecule has 1 unspecified atom stereocenters. The van der Waals surface area contributed by atoms with Crippen LogP contribution in [0.15, 0.2) is 25.0 Å². The molecule has 1 fully saturated rings. The van der Waals surface area contributed by atoms with Crippen LogP contribution in [0.5, 0.6) is 0 Å². The van der Waals surface area contributed by atoms with Gasteiger partial charge in [-0.25, -0.2) is 4.98 Å². The number of amides is 2. The zero-order valence-electron chi connectivity index (χ0n) is 11.0. The Kier molecular flexibility index (Phi) is 3.99. The standard InChI is InChI=1S/C13H18N4O2/c1-3-7-17-9-10(4-5-11(17)18)12(19)15-13-14-6-8-16(13)2/h3,6,8,10H,1,4-5,7,9H2,2H3,(H,14,15,19). The van der Waals surface area contributed by atoms with Gasteiger partial charge in [0, 0.05) is 39.0 Å². The van der Waals surface area contributed by atoms with E-state index in [0.29, 0.717) is 31.9 Å². The van der Waals surface area contributed by atoms with E-state index >= 15 is 0 Å². The third kappa shape index (κ3) is 3.01. The summed E-state index contributed by atoms with van der Waals surface area (Å²) in [6.07, 6.45) is 6.07. The number of imidazole rings is 1. The Balaban J connectivity index is 1.98. The number of hydrogen-bond donors (Lipinski definition) is 1. The van der Waals surface area contributed by atoms with Crippen LogP contribution < -0.4 is 5.32 Å². The topological polar surface area (TPSA) is 67.2 Å². The molecule has 1 aromatic rings. The molecule has 0 bridgehead atoms. The van der Waals surface area contributed by atoms with Crippen molar-refractivity contribution in [3.8, 4) is 0 Å². The van der Waals surface area contributed by atoms with Crippen molar-refractivity contribution in [3.63, 3.8) is 0 Å². The molecule has 2 rings (SSSR count). The van der Waals surface area contributed by atoms with Crippen LogP contribution in [0.4, 0.5) is 5.95 Å². The van der Waals surface area contributed by atoms with E-state index in [1.54, 1.807) is 27.9 Å². The molecule has 0 aromatic carbocycles. The van der Waals surface area contributed by atoms with Crippen molar-refractivity contribution in [2.75, 3.05) is 18.4 Å². The maximum atomic E-state index is 12.1. The van der Waals surface area contributed by atoms with Crippen LogP contribution in [0, 0.1) is 5.92 Å². The van der Waals surface area contributed by atoms with Crippen molar-refractivity contribution in [3.05, 3.63) is 25.0 Å². The molecule has 102 valence electrons. The van der Waals surface area contributed by atoms with Crippen molar-refractivity contribution in [1.29, 1.82) is 0 Å². The molecule has 1 aromatic heterocycles. The van der Waals surface area contributed by atoms with Gasteiger partial charge in [-0.05, 0) is 6.42 Å². The molecular formula is C13H18N4O2. The number of aryl methyl sites for hydroxylation is 1. The van der Waals surface area contributed by atoms with Gasteiger partial charge in [-0.15, -0.1) is 6.58 Å². The van der Waals surface area contributed by atoms with Crippen LogP contribution in [-0.2, 0) is 16.6 Å². The first kappa shape index (κ1) is 13.3. The molecule has 2 heterocycles. The average molecular weight is 262 g/mol. The van der Waals surface area contributed by atoms with E-state index < -0.39 is 0 Å². The van der Waals surface area contributed by atoms with E-state index in [4.69, 9.17) is 0 Å². The first-order valence-corrected chi connectivity index (χ1v) is 6.28. The van der Waals surface area contributed by atoms with Crippen molar-refractivity contribution in [2.24, 2.45) is 13.0 Å². The number of likely N-dealkylation sites (tertiary alicyclic amines) is 1. The van der Waals surface area contributed by atoms with Gasteiger partial charge in [0.15, 0.2) is 0 Å². The number of rotatable bonds is 4. The number of carbonyl (C=O) groups excluding carboxylic acids is 2. The summed E-state index contributed by atoms with van der Waals surface area (Å²) in [5, 5.41) is 2.79. The van der Waals surface area contributed by atoms with E-state index in [1.807, 2.05) is 7.05 Å². The molecule has 2 amide bonds. The maximum Gasteiger partial charge on any atom is 0.231 e. The lowest BCUT2D eigenvalue weighted by molar-refractivity contribution is -0.136. The molecule has 1 aliphatic rings. The first-order chi connectivity index (χ1) is 9.11. The Hall–Kier alpha value is -2.11. The molecule has 1 saturated heterocycles. The molecule has 6 nitrogen and oxygen atoms in total. The smallest absolute Gasteiger partial charge is 0.231 e. The summed E-state index contributed by atoms with van der Waals surface area (Å²) in [6, 6.07) is 0. The summed E-state index contributed by atoms with van der Waals surface area (Å²) < 4.78 is 1.74. The molecule has 1 atom stereocenters. The van der Waals surface area contributed by atoms with E-state index in [0.717, 1.165) is 0 Å². The highest BCUT2D eigenvalue weighted by atomic mass is 16.2. The van der Waals surface area contributed by atoms with Crippen molar-refractivity contribution < 1.29 is 9.59 Å². The largest absolute Gasteiger partial charge is 0.338 e. The summed E-state index contributed by atoms with van der Waals surface area (Å²) in [5.41, 5.74) is 0. The quantitative estimate of drug-likeness (QED) is 0.815. The third-order valence-corrected chi connectivity index (χ3v) is 3.28. The lowest BCUT2D eigenvalue weighted by Crippen LogP contribution is -2.44. The van der Waals surface area contributed by atoms with Gasteiger partial charge < -0.3 is 9.47 Å². The highest BCUT2D eigenvalue weighted by molar-refractivity contribution is 5.92. The molecular weight excluding hydrogens is 244 g/mol. The summed E-state index contributed by atoms with van der Waals surface area (Å²) in [4.78, 5) is 29.5. The van der Waals surface area contributed by atoms with E-state index in [-0.39, 0.29) is 17.7 Å². The number of hydrogen-bond acceptors (Lipinski definition) is 3. The van der Waals surface area contributed by atoms with Gasteiger partial charge in [0.05, 0.1) is 5.92 Å². The second-order valence-electron chi connectivity index (χ2n) is 4.67. The summed E-state index contributed by atoms with van der Waals surface area (Å²) in [5.74, 6) is 0.336. The lowest BCUT2D eigenvalue weighted by Gasteiger charge is -2.30. The zero-order valence-corrected chi connectivity index (χ0v) is 11.0. The van der Waals surface area contributed by atoms with Gasteiger partial charge in [-0.2, -0.15) is 0 Å². The van der Waals surface area contributed by atoms with Gasteiger partial charge in [-0.3, -0.25) is 14.9 Å². The fourth-order valence-electron chi connectivity index (χ4n) is 2.16. The van der Waals surface area contributed by atoms with E-state index in [1.165, 1.54) is 0 Å². The molecule has 6 heteroatoms. The fourth-order valence-corrected chi connectivity index (χ4v) is 2.16. The van der Waals surface area contributed by atoms with Gasteiger partial charge in [0.2, 0.25) is 17.8 Å². The minimum Gasteiger partial charge on any atom is -0.338 e. The molecule has 19 heavy (non-hydrogen) atoms. The summed E-state index contributed by atoms with van der Waals surface area (Å²) in [7, 11) is 1.82. The Labute approximate surface area is 112 Å². The van der Waals surface area contributed by atoms with Crippen LogP contribution in [0.2, 0.25) is 0 Å². The minimum atomic E-state index is -0.186. The Bertz CT molecular complexity index is 495. The predicted octanol–water partition coefficient (Wildman–Crippen LogP) is 0.783. The molecule has 1 N–H and O–H groups in total. The number of piperidine rings is 1. The third-order valence-electron chi connectivity index (χ3n) is 3.28. The molecule has 0 saturated carbocycles. The molecule has 0 spiro atoms. The SMILES string of the molecule is C=CCN1CC(C(=O)Nc2nccn2C)CCC1=O. The normalized spacial score (nSPS) is 19.3. The second-order valence-corrected chi connectivity index (χ2v) is 4.67. The zero-order chi connectivity index (χ0) is 13.8. The highest BCUT2D eigenvalue weighted by Gasteiger charge is 2.29. The van der Waals surface area contributed by atoms with Crippen LogP contribution >= 0.6 is 0 Å². The van der Waals surface area contributed by atoms with Gasteiger partial charge in [-0.1, -0.05) is 6.08 Å². The van der Waals surface area contributed by atoms with Gasteiger partial charge in [0.25, 0.3) is 0 Å². The van der Waals surface area contributed by atoms with Gasteiger partial charge >= 0.3 is 0 Å². The molecule has 0 aliphatic carbocycles. The van der Waals surface area contributed by atoms with Crippen molar-refractivity contribution in [2.45, 2.75) is 12.8 Å². The number of carbonyl (C=O) groups is 2. The number of anilines is 1. The highest BCUT2D eigenvalue weighted by Crippen LogP contribution is 2.19. The monoisotopic (exact) mass is 262 g/mol. The minimum absolute atomic E-state index is 0.0842. The Morgan fingerprint density at radius 1 is 1.68 bits per heavy atom. The Morgan fingerprint density at radius 3 is 3.11 bits per heavy atom. The molecule has 0 radical (unpaired) electrons. The number of nitrogens with one attached hydrogen (secondary N) is 1. The van der Waals surface area contributed by atoms with Gasteiger partial charge in [0.1, 0.15) is 0 Å². The number of aromatic nitrogens is 2. The predicted molar refractivity (Wildman–Crippen MR) is 71.3 cm³/mol. The van der Waals surface area contributed by atoms with Crippen LogP contribution in [0.1, 0.15) is 12.8 Å². The van der Waals surface area contributed by atoms with Crippen molar-refractivity contribution >= 4 is 17.8 Å². The van der Waals surface area contributed by atoms with Crippen LogP contribution in [0.3, 0.4) is 0 Å². The average Bonchev–Trinajstić information content (AvgIpc) is 2.78. The van der Waals surface area contributed by atoms with Crippen LogP contribution in [-0.4, -0.2) is 39.4 Å². The summed E-state index contributed by atoms with van der Waals surface area (Å²) >= 11 is 0. The lowest BCUT2D eigenvalue weighted by atomic mass is 9.96. The Morgan fingerprint density at radius 2 is 2.47 bits per heavy atom. The summed E-state index contributed by atoms with van der Waals surface area (Å²) in [6.45, 7) is 4.56. The van der Waals surface area contributed by atoms with Crippen molar-refractivity contribution in [1.82, 2.24) is 14.5 Å². The number of nitrogens with zero attached hydrogens (tertiary/aromatic N) is 3. The maximum absolute atomic E-state index is 12.1. The van der Waals surface area contributed by atoms with Crippen LogP contribution in [0.25, 0.3) is 0 Å². The fraction of sp³-hybridized carbons (Fsp3) is 0.462. The van der Waals surface area contributed by atoms with E-state index in [2.05, 4.69) is 16.9 Å². The molecule has 1 aliphatic heterocycles. The first-order valence-electron chi connectivity index (χ1n) is 6.28.